The first-order valence-corrected chi connectivity index (χ1v) is 2.76. The molecule has 0 radical (unpaired) electrons. The number of hydrogen-bond acceptors (Lipinski definition) is 3. The molecule has 1 aromatic heterocycles. The molecule has 0 bridgehead atoms. The first-order chi connectivity index (χ1) is 4.93. The van der Waals surface area contributed by atoms with Gasteiger partial charge >= 0.3 is 0 Å². The van der Waals surface area contributed by atoms with Gasteiger partial charge in [0.25, 0.3) is 0 Å². The van der Waals surface area contributed by atoms with E-state index in [1.165, 1.54) is 6.33 Å². The van der Waals surface area contributed by atoms with Crippen LogP contribution in [0.5, 0.6) is 5.88 Å². The summed E-state index contributed by atoms with van der Waals surface area (Å²) in [6.45, 7) is 0.247. The van der Waals surface area contributed by atoms with Crippen LogP contribution in [0.25, 0.3) is 0 Å². The normalized spacial score (nSPS) is 8.30. The fourth-order valence-electron chi connectivity index (χ4n) is 0.480. The van der Waals surface area contributed by atoms with Crippen molar-refractivity contribution >= 4 is 0 Å². The van der Waals surface area contributed by atoms with E-state index in [2.05, 4.69) is 15.9 Å². The van der Waals surface area contributed by atoms with Crippen LogP contribution in [0.1, 0.15) is 0 Å². The third kappa shape index (κ3) is 1.75. The second kappa shape index (κ2) is 3.46. The Hall–Kier alpha value is -1.56. The molecular formula is C7H6N2O. The van der Waals surface area contributed by atoms with Gasteiger partial charge in [0, 0.05) is 12.3 Å². The Labute approximate surface area is 59.1 Å². The van der Waals surface area contributed by atoms with Crippen molar-refractivity contribution in [2.24, 2.45) is 0 Å². The third-order valence-electron chi connectivity index (χ3n) is 0.858. The average molecular weight is 134 g/mol. The van der Waals surface area contributed by atoms with E-state index in [9.17, 15) is 0 Å². The Balaban J connectivity index is 2.52. The molecule has 3 heteroatoms. The summed E-state index contributed by atoms with van der Waals surface area (Å²) >= 11 is 0. The molecule has 0 saturated carbocycles. The lowest BCUT2D eigenvalue weighted by molar-refractivity contribution is 0.354. The molecular weight excluding hydrogens is 128 g/mol. The molecule has 10 heavy (non-hydrogen) atoms. The van der Waals surface area contributed by atoms with E-state index in [1.54, 1.807) is 12.3 Å². The van der Waals surface area contributed by atoms with Gasteiger partial charge < -0.3 is 4.74 Å². The second-order valence-corrected chi connectivity index (χ2v) is 1.54. The Bertz CT molecular complexity index is 227. The Morgan fingerprint density at radius 2 is 2.60 bits per heavy atom. The van der Waals surface area contributed by atoms with Crippen LogP contribution in [-0.2, 0) is 0 Å². The number of aromatic nitrogens is 2. The van der Waals surface area contributed by atoms with Gasteiger partial charge in [-0.2, -0.15) is 0 Å². The smallest absolute Gasteiger partial charge is 0.217 e. The van der Waals surface area contributed by atoms with Crippen molar-refractivity contribution in [1.29, 1.82) is 0 Å². The zero-order valence-corrected chi connectivity index (χ0v) is 5.32. The Kier molecular flexibility index (Phi) is 2.27. The minimum absolute atomic E-state index is 0.247. The number of hydrogen-bond donors (Lipinski definition) is 0. The summed E-state index contributed by atoms with van der Waals surface area (Å²) in [5, 5.41) is 0. The first-order valence-electron chi connectivity index (χ1n) is 2.76. The molecule has 0 aliphatic carbocycles. The molecule has 0 aliphatic rings. The summed E-state index contributed by atoms with van der Waals surface area (Å²) in [5.41, 5.74) is 0. The van der Waals surface area contributed by atoms with Crippen LogP contribution in [-0.4, -0.2) is 16.6 Å². The molecule has 3 nitrogen and oxygen atoms in total. The summed E-state index contributed by atoms with van der Waals surface area (Å²) in [4.78, 5) is 7.50. The maximum absolute atomic E-state index is 4.97. The van der Waals surface area contributed by atoms with Gasteiger partial charge in [-0.3, -0.25) is 0 Å². The van der Waals surface area contributed by atoms with Gasteiger partial charge in [-0.25, -0.2) is 9.97 Å². The van der Waals surface area contributed by atoms with E-state index in [0.717, 1.165) is 0 Å². The van der Waals surface area contributed by atoms with E-state index >= 15 is 0 Å². The molecule has 0 atom stereocenters. The van der Waals surface area contributed by atoms with Crippen LogP contribution in [0.15, 0.2) is 18.6 Å². The van der Waals surface area contributed by atoms with E-state index in [-0.39, 0.29) is 6.61 Å². The molecule has 0 amide bonds. The predicted octanol–water partition coefficient (Wildman–Crippen LogP) is 0.489. The van der Waals surface area contributed by atoms with E-state index < -0.39 is 0 Å². The lowest BCUT2D eigenvalue weighted by Crippen LogP contribution is -1.95. The molecule has 50 valence electrons. The largest absolute Gasteiger partial charge is 0.464 e. The van der Waals surface area contributed by atoms with Crippen molar-refractivity contribution < 1.29 is 4.74 Å². The van der Waals surface area contributed by atoms with Gasteiger partial charge in [0.05, 0.1) is 0 Å². The molecule has 0 saturated heterocycles. The van der Waals surface area contributed by atoms with Crippen LogP contribution < -0.4 is 4.74 Å². The van der Waals surface area contributed by atoms with Crippen LogP contribution in [0.4, 0.5) is 0 Å². The van der Waals surface area contributed by atoms with Crippen molar-refractivity contribution in [2.75, 3.05) is 6.61 Å². The van der Waals surface area contributed by atoms with Gasteiger partial charge in [-0.1, -0.05) is 5.92 Å². The van der Waals surface area contributed by atoms with Gasteiger partial charge in [0.15, 0.2) is 6.61 Å². The van der Waals surface area contributed by atoms with Gasteiger partial charge in [0.2, 0.25) is 5.88 Å². The summed E-state index contributed by atoms with van der Waals surface area (Å²) in [6.07, 6.45) is 7.96. The zero-order valence-electron chi connectivity index (χ0n) is 5.32. The van der Waals surface area contributed by atoms with Crippen LogP contribution in [0, 0.1) is 12.3 Å². The summed E-state index contributed by atoms with van der Waals surface area (Å²) in [6, 6.07) is 1.65. The van der Waals surface area contributed by atoms with Crippen molar-refractivity contribution in [2.45, 2.75) is 0 Å². The highest BCUT2D eigenvalue weighted by molar-refractivity contribution is 5.05. The Morgan fingerprint density at radius 1 is 1.70 bits per heavy atom. The quantitative estimate of drug-likeness (QED) is 0.552. The highest BCUT2D eigenvalue weighted by Gasteiger charge is 1.87. The maximum atomic E-state index is 4.97. The minimum Gasteiger partial charge on any atom is -0.464 e. The molecule has 0 aliphatic heterocycles. The third-order valence-corrected chi connectivity index (χ3v) is 0.858. The highest BCUT2D eigenvalue weighted by atomic mass is 16.5. The fourth-order valence-corrected chi connectivity index (χ4v) is 0.480. The molecule has 1 aromatic rings. The summed E-state index contributed by atoms with van der Waals surface area (Å²) < 4.78 is 4.97. The standard InChI is InChI=1S/C7H6N2O/c1-2-5-10-7-3-4-8-6-9-7/h1,3-4,6H,5H2. The van der Waals surface area contributed by atoms with E-state index in [1.807, 2.05) is 0 Å². The van der Waals surface area contributed by atoms with Crippen molar-refractivity contribution in [1.82, 2.24) is 9.97 Å². The maximum Gasteiger partial charge on any atom is 0.217 e. The van der Waals surface area contributed by atoms with Gasteiger partial charge in [-0.15, -0.1) is 6.42 Å². The second-order valence-electron chi connectivity index (χ2n) is 1.54. The minimum atomic E-state index is 0.247. The molecule has 0 unspecified atom stereocenters. The van der Waals surface area contributed by atoms with Crippen LogP contribution in [0.2, 0.25) is 0 Å². The number of nitrogens with zero attached hydrogens (tertiary/aromatic N) is 2. The molecule has 1 rings (SSSR count). The van der Waals surface area contributed by atoms with E-state index in [4.69, 9.17) is 11.2 Å². The van der Waals surface area contributed by atoms with Gasteiger partial charge in [-0.05, 0) is 0 Å². The monoisotopic (exact) mass is 134 g/mol. The molecule has 0 spiro atoms. The predicted molar refractivity (Wildman–Crippen MR) is 36.4 cm³/mol. The zero-order chi connectivity index (χ0) is 7.23. The first kappa shape index (κ1) is 6.56. The fraction of sp³-hybridized carbons (Fsp3) is 0.143. The number of terminal acetylenes is 1. The topological polar surface area (TPSA) is 35.0 Å². The van der Waals surface area contributed by atoms with Gasteiger partial charge in [0.1, 0.15) is 6.33 Å². The van der Waals surface area contributed by atoms with E-state index in [0.29, 0.717) is 5.88 Å². The highest BCUT2D eigenvalue weighted by Crippen LogP contribution is 1.99. The molecule has 0 aromatic carbocycles. The van der Waals surface area contributed by atoms with Crippen LogP contribution >= 0.6 is 0 Å². The number of ether oxygens (including phenoxy) is 1. The lowest BCUT2D eigenvalue weighted by atomic mass is 10.6. The number of rotatable bonds is 2. The molecule has 0 fully saturated rings. The summed E-state index contributed by atoms with van der Waals surface area (Å²) in [5.74, 6) is 2.84. The van der Waals surface area contributed by atoms with Crippen molar-refractivity contribution in [3.05, 3.63) is 18.6 Å². The SMILES string of the molecule is C#CCOc1ccncn1. The molecule has 1 heterocycles. The van der Waals surface area contributed by atoms with Crippen LogP contribution in [0.3, 0.4) is 0 Å². The van der Waals surface area contributed by atoms with Crippen molar-refractivity contribution in [3.63, 3.8) is 0 Å². The lowest BCUT2D eigenvalue weighted by Gasteiger charge is -1.96. The van der Waals surface area contributed by atoms with Crippen molar-refractivity contribution in [3.8, 4) is 18.2 Å². The summed E-state index contributed by atoms with van der Waals surface area (Å²) in [7, 11) is 0. The molecule has 0 N–H and O–H groups in total. The average Bonchev–Trinajstić information content (AvgIpc) is 2.03. The Morgan fingerprint density at radius 3 is 3.20 bits per heavy atom.